The van der Waals surface area contributed by atoms with E-state index in [0.29, 0.717) is 10.7 Å². The van der Waals surface area contributed by atoms with Crippen molar-refractivity contribution in [3.05, 3.63) is 64.7 Å². The molecule has 3 nitrogen and oxygen atoms in total. The predicted octanol–water partition coefficient (Wildman–Crippen LogP) is 4.37. The van der Waals surface area contributed by atoms with Crippen molar-refractivity contribution in [2.24, 2.45) is 0 Å². The second kappa shape index (κ2) is 7.14. The van der Waals surface area contributed by atoms with Gasteiger partial charge in [0, 0.05) is 25.9 Å². The van der Waals surface area contributed by atoms with E-state index in [1.54, 1.807) is 12.1 Å². The maximum absolute atomic E-state index is 11.9. The zero-order chi connectivity index (χ0) is 16.1. The van der Waals surface area contributed by atoms with Crippen molar-refractivity contribution in [3.8, 4) is 0 Å². The Bertz CT molecular complexity index is 691. The van der Waals surface area contributed by atoms with Crippen LogP contribution < -0.4 is 10.2 Å². The molecule has 0 aromatic heterocycles. The lowest BCUT2D eigenvalue weighted by atomic mass is 10.2. The number of benzene rings is 2. The molecule has 0 heterocycles. The first kappa shape index (κ1) is 16.1. The topological polar surface area (TPSA) is 32.3 Å². The van der Waals surface area contributed by atoms with Crippen LogP contribution in [0.4, 0.5) is 11.4 Å². The summed E-state index contributed by atoms with van der Waals surface area (Å²) in [7, 11) is 3.98. The molecule has 0 atom stereocenters. The van der Waals surface area contributed by atoms with E-state index in [1.807, 2.05) is 62.3 Å². The number of nitrogens with one attached hydrogen (secondary N) is 1. The van der Waals surface area contributed by atoms with Crippen molar-refractivity contribution in [2.75, 3.05) is 24.3 Å². The number of halogens is 1. The van der Waals surface area contributed by atoms with Gasteiger partial charge >= 0.3 is 0 Å². The standard InChI is InChI=1S/C18H19ClN2O/c1-13-4-10-17(16(19)12-13)20-18(22)11-7-14-5-8-15(9-6-14)21(2)3/h4-12H,1-3H3,(H,20,22)/b11-7+. The minimum Gasteiger partial charge on any atom is -0.378 e. The molecule has 2 aromatic carbocycles. The Hall–Kier alpha value is -2.26. The fourth-order valence-corrected chi connectivity index (χ4v) is 2.23. The SMILES string of the molecule is Cc1ccc(NC(=O)/C=C/c2ccc(N(C)C)cc2)c(Cl)c1. The Morgan fingerprint density at radius 1 is 1.14 bits per heavy atom. The molecular weight excluding hydrogens is 296 g/mol. The third-order valence-electron chi connectivity index (χ3n) is 3.22. The number of hydrogen-bond acceptors (Lipinski definition) is 2. The molecule has 114 valence electrons. The number of carbonyl (C=O) groups excluding carboxylic acids is 1. The summed E-state index contributed by atoms with van der Waals surface area (Å²) in [5.74, 6) is -0.206. The van der Waals surface area contributed by atoms with E-state index >= 15 is 0 Å². The molecule has 0 radical (unpaired) electrons. The van der Waals surface area contributed by atoms with Gasteiger partial charge in [0.05, 0.1) is 10.7 Å². The van der Waals surface area contributed by atoms with E-state index in [9.17, 15) is 4.79 Å². The van der Waals surface area contributed by atoms with Gasteiger partial charge in [-0.1, -0.05) is 29.8 Å². The van der Waals surface area contributed by atoms with Crippen LogP contribution in [0.3, 0.4) is 0 Å². The Labute approximate surface area is 136 Å². The largest absolute Gasteiger partial charge is 0.378 e. The van der Waals surface area contributed by atoms with Crippen molar-refractivity contribution < 1.29 is 4.79 Å². The van der Waals surface area contributed by atoms with E-state index in [0.717, 1.165) is 16.8 Å². The molecule has 0 aliphatic heterocycles. The van der Waals surface area contributed by atoms with Crippen LogP contribution >= 0.6 is 11.6 Å². The van der Waals surface area contributed by atoms with E-state index in [2.05, 4.69) is 5.32 Å². The van der Waals surface area contributed by atoms with Crippen molar-refractivity contribution in [1.29, 1.82) is 0 Å². The van der Waals surface area contributed by atoms with Crippen LogP contribution in [0.2, 0.25) is 5.02 Å². The van der Waals surface area contributed by atoms with Gasteiger partial charge in [-0.05, 0) is 48.4 Å². The van der Waals surface area contributed by atoms with Crippen LogP contribution in [0.1, 0.15) is 11.1 Å². The van der Waals surface area contributed by atoms with Crippen LogP contribution in [0.15, 0.2) is 48.5 Å². The maximum atomic E-state index is 11.9. The number of aryl methyl sites for hydroxylation is 1. The second-order valence-electron chi connectivity index (χ2n) is 5.29. The number of nitrogens with zero attached hydrogens (tertiary/aromatic N) is 1. The summed E-state index contributed by atoms with van der Waals surface area (Å²) in [5.41, 5.74) is 3.76. The zero-order valence-corrected chi connectivity index (χ0v) is 13.7. The van der Waals surface area contributed by atoms with Crippen LogP contribution in [0.25, 0.3) is 6.08 Å². The third-order valence-corrected chi connectivity index (χ3v) is 3.53. The fourth-order valence-electron chi connectivity index (χ4n) is 1.95. The lowest BCUT2D eigenvalue weighted by Crippen LogP contribution is -2.08. The summed E-state index contributed by atoms with van der Waals surface area (Å²) in [6.07, 6.45) is 3.28. The van der Waals surface area contributed by atoms with Gasteiger partial charge in [-0.3, -0.25) is 4.79 Å². The Morgan fingerprint density at radius 2 is 1.82 bits per heavy atom. The highest BCUT2D eigenvalue weighted by atomic mass is 35.5. The van der Waals surface area contributed by atoms with Crippen molar-refractivity contribution in [1.82, 2.24) is 0 Å². The molecule has 0 spiro atoms. The van der Waals surface area contributed by atoms with Crippen molar-refractivity contribution in [3.63, 3.8) is 0 Å². The molecule has 0 aliphatic carbocycles. The fraction of sp³-hybridized carbons (Fsp3) is 0.167. The first-order valence-electron chi connectivity index (χ1n) is 6.98. The minimum atomic E-state index is -0.206. The molecule has 0 bridgehead atoms. The predicted molar refractivity (Wildman–Crippen MR) is 94.6 cm³/mol. The molecular formula is C18H19ClN2O. The van der Waals surface area contributed by atoms with Crippen molar-refractivity contribution in [2.45, 2.75) is 6.92 Å². The van der Waals surface area contributed by atoms with E-state index in [4.69, 9.17) is 11.6 Å². The first-order chi connectivity index (χ1) is 10.5. The van der Waals surface area contributed by atoms with E-state index in [1.165, 1.54) is 6.08 Å². The number of hydrogen-bond donors (Lipinski definition) is 1. The lowest BCUT2D eigenvalue weighted by molar-refractivity contribution is -0.111. The van der Waals surface area contributed by atoms with Gasteiger partial charge in [-0.15, -0.1) is 0 Å². The van der Waals surface area contributed by atoms with Crippen LogP contribution in [0.5, 0.6) is 0 Å². The van der Waals surface area contributed by atoms with Gasteiger partial charge in [0.2, 0.25) is 5.91 Å². The van der Waals surface area contributed by atoms with Gasteiger partial charge in [0.25, 0.3) is 0 Å². The summed E-state index contributed by atoms with van der Waals surface area (Å²) in [6.45, 7) is 1.95. The summed E-state index contributed by atoms with van der Waals surface area (Å²) in [6, 6.07) is 13.5. The number of anilines is 2. The van der Waals surface area contributed by atoms with Crippen LogP contribution in [0, 0.1) is 6.92 Å². The van der Waals surface area contributed by atoms with E-state index < -0.39 is 0 Å². The highest BCUT2D eigenvalue weighted by Crippen LogP contribution is 2.22. The molecule has 2 rings (SSSR count). The number of carbonyl (C=O) groups is 1. The molecule has 22 heavy (non-hydrogen) atoms. The third kappa shape index (κ3) is 4.37. The highest BCUT2D eigenvalue weighted by molar-refractivity contribution is 6.33. The monoisotopic (exact) mass is 314 g/mol. The molecule has 4 heteroatoms. The average molecular weight is 315 g/mol. The summed E-state index contributed by atoms with van der Waals surface area (Å²) in [5, 5.41) is 3.31. The average Bonchev–Trinajstić information content (AvgIpc) is 2.48. The number of rotatable bonds is 4. The van der Waals surface area contributed by atoms with Crippen LogP contribution in [-0.2, 0) is 4.79 Å². The minimum absolute atomic E-state index is 0.206. The molecule has 0 unspecified atom stereocenters. The van der Waals surface area contributed by atoms with Crippen LogP contribution in [-0.4, -0.2) is 20.0 Å². The Balaban J connectivity index is 2.01. The Morgan fingerprint density at radius 3 is 2.41 bits per heavy atom. The molecule has 2 aromatic rings. The Kier molecular flexibility index (Phi) is 5.23. The lowest BCUT2D eigenvalue weighted by Gasteiger charge is -2.11. The van der Waals surface area contributed by atoms with Gasteiger partial charge in [0.1, 0.15) is 0 Å². The smallest absolute Gasteiger partial charge is 0.248 e. The molecule has 1 amide bonds. The van der Waals surface area contributed by atoms with Crippen molar-refractivity contribution >= 4 is 35.0 Å². The molecule has 0 fully saturated rings. The van der Waals surface area contributed by atoms with Gasteiger partial charge < -0.3 is 10.2 Å². The second-order valence-corrected chi connectivity index (χ2v) is 5.70. The summed E-state index contributed by atoms with van der Waals surface area (Å²) < 4.78 is 0. The quantitative estimate of drug-likeness (QED) is 0.850. The molecule has 0 saturated carbocycles. The maximum Gasteiger partial charge on any atom is 0.248 e. The zero-order valence-electron chi connectivity index (χ0n) is 12.9. The molecule has 1 N–H and O–H groups in total. The number of amides is 1. The van der Waals surface area contributed by atoms with Gasteiger partial charge in [0.15, 0.2) is 0 Å². The molecule has 0 aliphatic rings. The summed E-state index contributed by atoms with van der Waals surface area (Å²) >= 11 is 6.09. The first-order valence-corrected chi connectivity index (χ1v) is 7.36. The van der Waals surface area contributed by atoms with Gasteiger partial charge in [-0.2, -0.15) is 0 Å². The summed E-state index contributed by atoms with van der Waals surface area (Å²) in [4.78, 5) is 14.0. The van der Waals surface area contributed by atoms with E-state index in [-0.39, 0.29) is 5.91 Å². The highest BCUT2D eigenvalue weighted by Gasteiger charge is 2.03. The van der Waals surface area contributed by atoms with Gasteiger partial charge in [-0.25, -0.2) is 0 Å². The molecule has 0 saturated heterocycles. The normalized spacial score (nSPS) is 10.7.